The van der Waals surface area contributed by atoms with Gasteiger partial charge in [0.05, 0.1) is 25.3 Å². The molecule has 1 aliphatic rings. The first-order valence-corrected chi connectivity index (χ1v) is 9.22. The lowest BCUT2D eigenvalue weighted by molar-refractivity contribution is -0.115. The molecule has 140 valence electrons. The van der Waals surface area contributed by atoms with Crippen LogP contribution in [0.1, 0.15) is 30.7 Å². The third kappa shape index (κ3) is 4.23. The average molecular weight is 364 g/mol. The van der Waals surface area contributed by atoms with Crippen LogP contribution in [0.25, 0.3) is 11.1 Å². The van der Waals surface area contributed by atoms with Gasteiger partial charge in [0.2, 0.25) is 5.91 Å². The normalized spacial score (nSPS) is 12.2. The Bertz CT molecular complexity index is 919. The van der Waals surface area contributed by atoms with Gasteiger partial charge in [-0.05, 0) is 34.9 Å². The van der Waals surface area contributed by atoms with Gasteiger partial charge in [0.25, 0.3) is 0 Å². The first-order chi connectivity index (χ1) is 13.2. The van der Waals surface area contributed by atoms with Gasteiger partial charge in [-0.3, -0.25) is 14.5 Å². The Morgan fingerprint density at radius 3 is 2.70 bits per heavy atom. The fraction of sp³-hybridized carbons (Fsp3) is 0.286. The van der Waals surface area contributed by atoms with Crippen LogP contribution in [0.4, 0.5) is 5.69 Å². The van der Waals surface area contributed by atoms with Crippen molar-refractivity contribution >= 4 is 11.6 Å². The van der Waals surface area contributed by atoms with Crippen molar-refractivity contribution in [3.63, 3.8) is 0 Å². The molecule has 6 heteroatoms. The molecule has 1 aliphatic heterocycles. The number of rotatable bonds is 5. The summed E-state index contributed by atoms with van der Waals surface area (Å²) in [7, 11) is 0. The molecule has 0 radical (unpaired) electrons. The van der Waals surface area contributed by atoms with E-state index in [0.717, 1.165) is 33.6 Å². The van der Waals surface area contributed by atoms with Gasteiger partial charge < -0.3 is 10.4 Å². The average Bonchev–Trinajstić information content (AvgIpc) is 3.26. The minimum Gasteiger partial charge on any atom is -0.394 e. The van der Waals surface area contributed by atoms with E-state index in [-0.39, 0.29) is 12.5 Å². The number of aliphatic hydroxyl groups is 1. The van der Waals surface area contributed by atoms with Crippen molar-refractivity contribution in [2.75, 3.05) is 11.9 Å². The highest BCUT2D eigenvalue weighted by molar-refractivity contribution is 6.00. The number of pyridine rings is 1. The molecule has 0 saturated carbocycles. The molecule has 3 heterocycles. The van der Waals surface area contributed by atoms with Gasteiger partial charge >= 0.3 is 0 Å². The molecule has 3 aromatic rings. The Morgan fingerprint density at radius 2 is 1.96 bits per heavy atom. The van der Waals surface area contributed by atoms with E-state index >= 15 is 0 Å². The second-order valence-corrected chi connectivity index (χ2v) is 6.11. The predicted molar refractivity (Wildman–Crippen MR) is 105 cm³/mol. The lowest BCUT2D eigenvalue weighted by atomic mass is 10.00. The van der Waals surface area contributed by atoms with Crippen LogP contribution in [0.3, 0.4) is 0 Å². The molecule has 0 bridgehead atoms. The Morgan fingerprint density at radius 1 is 1.19 bits per heavy atom. The van der Waals surface area contributed by atoms with Crippen LogP contribution in [-0.4, -0.2) is 32.4 Å². The molecular weight excluding hydrogens is 340 g/mol. The molecule has 1 aromatic carbocycles. The Hall–Kier alpha value is -2.99. The van der Waals surface area contributed by atoms with Crippen LogP contribution in [0.15, 0.2) is 48.9 Å². The van der Waals surface area contributed by atoms with E-state index in [1.165, 1.54) is 0 Å². The highest BCUT2D eigenvalue weighted by Gasteiger charge is 2.19. The molecule has 6 nitrogen and oxygen atoms in total. The quantitative estimate of drug-likeness (QED) is 0.729. The van der Waals surface area contributed by atoms with Crippen molar-refractivity contribution in [3.8, 4) is 11.1 Å². The molecule has 1 amide bonds. The highest BCUT2D eigenvalue weighted by Crippen LogP contribution is 2.31. The number of nitrogens with zero attached hydrogens (tertiary/aromatic N) is 3. The number of anilines is 1. The molecule has 0 aliphatic carbocycles. The van der Waals surface area contributed by atoms with Crippen molar-refractivity contribution in [2.45, 2.75) is 33.2 Å². The van der Waals surface area contributed by atoms with E-state index in [0.29, 0.717) is 19.4 Å². The Balaban J connectivity index is 0.00000102. The molecule has 0 spiro atoms. The standard InChI is InChI=1S/C19H18N4O2.C2H6/c24-8-7-23-12-16(18(22-23)9-13-3-5-20-6-4-13)14-1-2-15-11-19(25)21-17(15)10-14;1-2/h1-6,10,12,24H,7-9,11H2,(H,21,25);1-2H3. The number of amides is 1. The second kappa shape index (κ2) is 8.60. The maximum absolute atomic E-state index is 11.6. The van der Waals surface area contributed by atoms with E-state index in [9.17, 15) is 9.90 Å². The van der Waals surface area contributed by atoms with Crippen molar-refractivity contribution in [1.82, 2.24) is 14.8 Å². The molecule has 27 heavy (non-hydrogen) atoms. The third-order valence-corrected chi connectivity index (χ3v) is 4.33. The van der Waals surface area contributed by atoms with Crippen LogP contribution in [0.2, 0.25) is 0 Å². The summed E-state index contributed by atoms with van der Waals surface area (Å²) >= 11 is 0. The predicted octanol–water partition coefficient (Wildman–Crippen LogP) is 3.05. The van der Waals surface area contributed by atoms with Gasteiger partial charge in [-0.1, -0.05) is 26.0 Å². The topological polar surface area (TPSA) is 80.0 Å². The van der Waals surface area contributed by atoms with Gasteiger partial charge in [-0.2, -0.15) is 5.10 Å². The Labute approximate surface area is 158 Å². The minimum atomic E-state index is 0.0279. The summed E-state index contributed by atoms with van der Waals surface area (Å²) in [6.45, 7) is 4.49. The molecule has 4 rings (SSSR count). The lowest BCUT2D eigenvalue weighted by Gasteiger charge is -2.05. The third-order valence-electron chi connectivity index (χ3n) is 4.33. The number of carbonyl (C=O) groups excluding carboxylic acids is 1. The zero-order valence-corrected chi connectivity index (χ0v) is 15.6. The SMILES string of the molecule is CC.O=C1Cc2ccc(-c3cn(CCO)nc3Cc3ccncc3)cc2N1. The maximum atomic E-state index is 11.6. The van der Waals surface area contributed by atoms with Gasteiger partial charge in [-0.25, -0.2) is 0 Å². The van der Waals surface area contributed by atoms with Gasteiger partial charge in [0, 0.05) is 36.3 Å². The number of fused-ring (bicyclic) bond motifs is 1. The molecule has 2 N–H and O–H groups in total. The van der Waals surface area contributed by atoms with E-state index in [1.54, 1.807) is 17.1 Å². The van der Waals surface area contributed by atoms with E-state index in [4.69, 9.17) is 0 Å². The molecule has 0 unspecified atom stereocenters. The van der Waals surface area contributed by atoms with Crippen LogP contribution in [0.5, 0.6) is 0 Å². The second-order valence-electron chi connectivity index (χ2n) is 6.11. The molecular formula is C21H24N4O2. The number of carbonyl (C=O) groups is 1. The van der Waals surface area contributed by atoms with E-state index in [2.05, 4.69) is 15.4 Å². The fourth-order valence-electron chi connectivity index (χ4n) is 3.13. The zero-order valence-electron chi connectivity index (χ0n) is 15.6. The van der Waals surface area contributed by atoms with Gasteiger partial charge in [-0.15, -0.1) is 0 Å². The van der Waals surface area contributed by atoms with Crippen molar-refractivity contribution in [3.05, 3.63) is 65.7 Å². The first-order valence-electron chi connectivity index (χ1n) is 9.22. The number of hydrogen-bond donors (Lipinski definition) is 2. The van der Waals surface area contributed by atoms with Gasteiger partial charge in [0.1, 0.15) is 0 Å². The molecule has 0 saturated heterocycles. The van der Waals surface area contributed by atoms with Crippen LogP contribution < -0.4 is 5.32 Å². The summed E-state index contributed by atoms with van der Waals surface area (Å²) < 4.78 is 1.76. The molecule has 2 aromatic heterocycles. The summed E-state index contributed by atoms with van der Waals surface area (Å²) in [4.78, 5) is 15.6. The molecule has 0 atom stereocenters. The number of nitrogens with one attached hydrogen (secondary N) is 1. The first kappa shape index (κ1) is 18.8. The number of aromatic nitrogens is 3. The van der Waals surface area contributed by atoms with Crippen LogP contribution in [-0.2, 0) is 24.2 Å². The van der Waals surface area contributed by atoms with Crippen LogP contribution in [0, 0.1) is 0 Å². The number of benzene rings is 1. The largest absolute Gasteiger partial charge is 0.394 e. The van der Waals surface area contributed by atoms with E-state index < -0.39 is 0 Å². The van der Waals surface area contributed by atoms with E-state index in [1.807, 2.05) is 50.4 Å². The highest BCUT2D eigenvalue weighted by atomic mass is 16.3. The minimum absolute atomic E-state index is 0.0279. The molecule has 0 fully saturated rings. The monoisotopic (exact) mass is 364 g/mol. The lowest BCUT2D eigenvalue weighted by Crippen LogP contribution is -2.03. The van der Waals surface area contributed by atoms with Crippen LogP contribution >= 0.6 is 0 Å². The summed E-state index contributed by atoms with van der Waals surface area (Å²) in [5.74, 6) is 0.0279. The maximum Gasteiger partial charge on any atom is 0.228 e. The summed E-state index contributed by atoms with van der Waals surface area (Å²) in [6, 6.07) is 9.95. The summed E-state index contributed by atoms with van der Waals surface area (Å²) in [6.07, 6.45) is 6.60. The van der Waals surface area contributed by atoms with Crippen molar-refractivity contribution in [1.29, 1.82) is 0 Å². The van der Waals surface area contributed by atoms with Crippen molar-refractivity contribution in [2.24, 2.45) is 0 Å². The van der Waals surface area contributed by atoms with Gasteiger partial charge in [0.15, 0.2) is 0 Å². The number of hydrogen-bond acceptors (Lipinski definition) is 4. The number of aliphatic hydroxyl groups excluding tert-OH is 1. The smallest absolute Gasteiger partial charge is 0.228 e. The summed E-state index contributed by atoms with van der Waals surface area (Å²) in [5, 5.41) is 16.7. The fourth-order valence-corrected chi connectivity index (χ4v) is 3.13. The van der Waals surface area contributed by atoms with Crippen molar-refractivity contribution < 1.29 is 9.90 Å². The Kier molecular flexibility index (Phi) is 5.98. The zero-order chi connectivity index (χ0) is 19.2. The summed E-state index contributed by atoms with van der Waals surface area (Å²) in [5.41, 5.74) is 5.96.